The fourth-order valence-electron chi connectivity index (χ4n) is 3.62. The molecule has 2 N–H and O–H groups in total. The zero-order valence-corrected chi connectivity index (χ0v) is 18.9. The first-order valence-corrected chi connectivity index (χ1v) is 11.4. The van der Waals surface area contributed by atoms with Crippen LogP contribution in [0.3, 0.4) is 0 Å². The molecule has 10 heteroatoms. The van der Waals surface area contributed by atoms with Crippen LogP contribution in [-0.4, -0.2) is 20.4 Å². The Morgan fingerprint density at radius 3 is 2.57 bits per heavy atom. The number of benzene rings is 2. The highest BCUT2D eigenvalue weighted by Crippen LogP contribution is 2.30. The Bertz CT molecular complexity index is 1480. The van der Waals surface area contributed by atoms with E-state index in [-0.39, 0.29) is 12.2 Å². The third kappa shape index (κ3) is 5.02. The first kappa shape index (κ1) is 22.6. The lowest BCUT2D eigenvalue weighted by atomic mass is 10.1. The number of pyridine rings is 1. The molecular formula is C25H18F3N5OS. The van der Waals surface area contributed by atoms with Gasteiger partial charge in [0.1, 0.15) is 10.7 Å². The number of nitrogens with one attached hydrogen (secondary N) is 2. The molecule has 3 heterocycles. The summed E-state index contributed by atoms with van der Waals surface area (Å²) in [5.41, 5.74) is 3.78. The van der Waals surface area contributed by atoms with E-state index < -0.39 is 17.8 Å². The Labute approximate surface area is 202 Å². The molecule has 0 saturated carbocycles. The number of hydrogen-bond donors (Lipinski definition) is 2. The quantitative estimate of drug-likeness (QED) is 0.295. The number of thiazole rings is 1. The Morgan fingerprint density at radius 1 is 1.00 bits per heavy atom. The minimum absolute atomic E-state index is 0.0679. The van der Waals surface area contributed by atoms with Gasteiger partial charge in [-0.25, -0.2) is 14.8 Å². The summed E-state index contributed by atoms with van der Waals surface area (Å²) in [6.07, 6.45) is 1.06. The van der Waals surface area contributed by atoms with Crippen LogP contribution < -0.4 is 10.6 Å². The van der Waals surface area contributed by atoms with Crippen LogP contribution in [0.4, 0.5) is 23.7 Å². The molecule has 176 valence electrons. The second-order valence-corrected chi connectivity index (χ2v) is 8.60. The van der Waals surface area contributed by atoms with Gasteiger partial charge in [-0.05, 0) is 35.9 Å². The number of imidazole rings is 1. The molecule has 5 aromatic rings. The highest BCUT2D eigenvalue weighted by atomic mass is 32.1. The third-order valence-electron chi connectivity index (χ3n) is 5.34. The first-order chi connectivity index (χ1) is 16.9. The van der Waals surface area contributed by atoms with Crippen molar-refractivity contribution in [2.75, 3.05) is 5.32 Å². The summed E-state index contributed by atoms with van der Waals surface area (Å²) in [6, 6.07) is 15.5. The zero-order chi connectivity index (χ0) is 24.4. The summed E-state index contributed by atoms with van der Waals surface area (Å²) < 4.78 is 40.5. The lowest BCUT2D eigenvalue weighted by Crippen LogP contribution is -2.28. The number of halogens is 3. The summed E-state index contributed by atoms with van der Waals surface area (Å²) in [7, 11) is 0. The second kappa shape index (κ2) is 9.22. The fourth-order valence-corrected chi connectivity index (χ4v) is 4.25. The lowest BCUT2D eigenvalue weighted by Gasteiger charge is -2.11. The van der Waals surface area contributed by atoms with Gasteiger partial charge in [0.15, 0.2) is 0 Å². The maximum Gasteiger partial charge on any atom is 0.416 e. The molecular weight excluding hydrogens is 475 g/mol. The molecule has 0 unspecified atom stereocenters. The van der Waals surface area contributed by atoms with Gasteiger partial charge >= 0.3 is 12.2 Å². The van der Waals surface area contributed by atoms with Crippen LogP contribution in [0.1, 0.15) is 11.1 Å². The first-order valence-electron chi connectivity index (χ1n) is 10.6. The van der Waals surface area contributed by atoms with E-state index in [2.05, 4.69) is 20.6 Å². The smallest absolute Gasteiger partial charge is 0.334 e. The van der Waals surface area contributed by atoms with Crippen LogP contribution in [0.25, 0.3) is 27.5 Å². The molecule has 6 nitrogen and oxygen atoms in total. The largest absolute Gasteiger partial charge is 0.416 e. The van der Waals surface area contributed by atoms with Crippen molar-refractivity contribution < 1.29 is 18.0 Å². The van der Waals surface area contributed by atoms with Gasteiger partial charge in [-0.3, -0.25) is 4.40 Å². The molecule has 5 rings (SSSR count). The Kier molecular flexibility index (Phi) is 5.96. The molecule has 0 aliphatic carbocycles. The summed E-state index contributed by atoms with van der Waals surface area (Å²) in [5.74, 6) is 0. The third-order valence-corrected chi connectivity index (χ3v) is 6.17. The predicted octanol–water partition coefficient (Wildman–Crippen LogP) is 6.47. The summed E-state index contributed by atoms with van der Waals surface area (Å²) in [5, 5.41) is 7.95. The van der Waals surface area contributed by atoms with Gasteiger partial charge in [-0.1, -0.05) is 30.3 Å². The van der Waals surface area contributed by atoms with Gasteiger partial charge in [0.25, 0.3) is 0 Å². The standard InChI is InChI=1S/C25H18F3N5OS/c26-25(27,28)19-2-1-3-20(13-19)32-24(34)31-14-16-4-6-17(7-5-16)21-15-30-22-12-18(8-10-33(21)22)23-29-9-11-35-23/h1-13,15H,14H2,(H2,31,32,34). The van der Waals surface area contributed by atoms with Crippen molar-refractivity contribution in [3.63, 3.8) is 0 Å². The lowest BCUT2D eigenvalue weighted by molar-refractivity contribution is -0.137. The van der Waals surface area contributed by atoms with Crippen LogP contribution >= 0.6 is 11.3 Å². The summed E-state index contributed by atoms with van der Waals surface area (Å²) in [6.45, 7) is 0.218. The Hall–Kier alpha value is -4.18. The van der Waals surface area contributed by atoms with E-state index in [1.807, 2.05) is 52.4 Å². The number of alkyl halides is 3. The van der Waals surface area contributed by atoms with Crippen molar-refractivity contribution in [1.29, 1.82) is 0 Å². The number of carbonyl (C=O) groups is 1. The highest BCUT2D eigenvalue weighted by molar-refractivity contribution is 7.13. The minimum Gasteiger partial charge on any atom is -0.334 e. The summed E-state index contributed by atoms with van der Waals surface area (Å²) >= 11 is 1.57. The van der Waals surface area contributed by atoms with Crippen LogP contribution in [0.15, 0.2) is 84.6 Å². The van der Waals surface area contributed by atoms with Crippen LogP contribution in [-0.2, 0) is 12.7 Å². The normalized spacial score (nSPS) is 11.5. The molecule has 0 bridgehead atoms. The van der Waals surface area contributed by atoms with E-state index in [1.54, 1.807) is 23.7 Å². The molecule has 2 amide bonds. The molecule has 35 heavy (non-hydrogen) atoms. The van der Waals surface area contributed by atoms with E-state index >= 15 is 0 Å². The average molecular weight is 494 g/mol. The van der Waals surface area contributed by atoms with Gasteiger partial charge in [0.05, 0.1) is 17.5 Å². The maximum atomic E-state index is 12.8. The van der Waals surface area contributed by atoms with Gasteiger partial charge < -0.3 is 10.6 Å². The fraction of sp³-hybridized carbons (Fsp3) is 0.0800. The van der Waals surface area contributed by atoms with Gasteiger partial charge in [-0.15, -0.1) is 11.3 Å². The number of aromatic nitrogens is 3. The highest BCUT2D eigenvalue weighted by Gasteiger charge is 2.30. The number of fused-ring (bicyclic) bond motifs is 1. The molecule has 0 atom stereocenters. The second-order valence-electron chi connectivity index (χ2n) is 7.71. The molecule has 0 aliphatic rings. The molecule has 0 aliphatic heterocycles. The van der Waals surface area contributed by atoms with Crippen molar-refractivity contribution in [1.82, 2.24) is 19.7 Å². The van der Waals surface area contributed by atoms with E-state index in [4.69, 9.17) is 0 Å². The van der Waals surface area contributed by atoms with Crippen molar-refractivity contribution in [2.24, 2.45) is 0 Å². The van der Waals surface area contributed by atoms with E-state index in [0.29, 0.717) is 0 Å². The molecule has 0 radical (unpaired) electrons. The minimum atomic E-state index is -4.47. The maximum absolute atomic E-state index is 12.8. The van der Waals surface area contributed by atoms with Crippen molar-refractivity contribution in [3.8, 4) is 21.8 Å². The monoisotopic (exact) mass is 493 g/mol. The number of anilines is 1. The van der Waals surface area contributed by atoms with Crippen molar-refractivity contribution in [3.05, 3.63) is 95.8 Å². The Balaban J connectivity index is 1.23. The molecule has 0 spiro atoms. The van der Waals surface area contributed by atoms with Crippen molar-refractivity contribution in [2.45, 2.75) is 12.7 Å². The van der Waals surface area contributed by atoms with Crippen LogP contribution in [0, 0.1) is 0 Å². The molecule has 3 aromatic heterocycles. The SMILES string of the molecule is O=C(NCc1ccc(-c2cnc3cc(-c4nccs4)ccn23)cc1)Nc1cccc(C(F)(F)F)c1. The van der Waals surface area contributed by atoms with Gasteiger partial charge in [0.2, 0.25) is 0 Å². The van der Waals surface area contributed by atoms with E-state index in [0.717, 1.165) is 45.2 Å². The molecule has 0 fully saturated rings. The number of carbonyl (C=O) groups excluding carboxylic acids is 1. The van der Waals surface area contributed by atoms with Gasteiger partial charge in [-0.2, -0.15) is 13.2 Å². The zero-order valence-electron chi connectivity index (χ0n) is 18.1. The van der Waals surface area contributed by atoms with Gasteiger partial charge in [0, 0.05) is 41.1 Å². The molecule has 2 aromatic carbocycles. The predicted molar refractivity (Wildman–Crippen MR) is 129 cm³/mol. The molecule has 0 saturated heterocycles. The van der Waals surface area contributed by atoms with Crippen LogP contribution in [0.5, 0.6) is 0 Å². The van der Waals surface area contributed by atoms with E-state index in [9.17, 15) is 18.0 Å². The number of urea groups is 1. The number of nitrogens with zero attached hydrogens (tertiary/aromatic N) is 3. The summed E-state index contributed by atoms with van der Waals surface area (Å²) in [4.78, 5) is 21.0. The van der Waals surface area contributed by atoms with E-state index in [1.165, 1.54) is 12.1 Å². The number of rotatable bonds is 5. The van der Waals surface area contributed by atoms with Crippen molar-refractivity contribution >= 4 is 28.7 Å². The topological polar surface area (TPSA) is 71.3 Å². The number of hydrogen-bond acceptors (Lipinski definition) is 4. The average Bonchev–Trinajstić information content (AvgIpc) is 3.53. The number of amides is 2. The van der Waals surface area contributed by atoms with Crippen LogP contribution in [0.2, 0.25) is 0 Å². The Morgan fingerprint density at radius 2 is 1.83 bits per heavy atom.